The summed E-state index contributed by atoms with van der Waals surface area (Å²) in [6, 6.07) is 11.5. The van der Waals surface area contributed by atoms with Gasteiger partial charge in [-0.1, -0.05) is 18.2 Å². The van der Waals surface area contributed by atoms with Gasteiger partial charge in [0.2, 0.25) is 10.0 Å². The van der Waals surface area contributed by atoms with E-state index in [0.717, 1.165) is 4.88 Å². The van der Waals surface area contributed by atoms with Crippen LogP contribution < -0.4 is 4.72 Å². The Morgan fingerprint density at radius 1 is 1.28 bits per heavy atom. The van der Waals surface area contributed by atoms with Crippen molar-refractivity contribution in [1.29, 1.82) is 0 Å². The zero-order valence-electron chi connectivity index (χ0n) is 13.5. The lowest BCUT2D eigenvalue weighted by molar-refractivity contribution is 0.101. The van der Waals surface area contributed by atoms with E-state index >= 15 is 0 Å². The fourth-order valence-corrected chi connectivity index (χ4v) is 4.33. The van der Waals surface area contributed by atoms with Crippen LogP contribution in [0.15, 0.2) is 65.1 Å². The van der Waals surface area contributed by atoms with Crippen LogP contribution in [0.2, 0.25) is 0 Å². The molecular weight excluding hydrogens is 358 g/mol. The lowest BCUT2D eigenvalue weighted by Crippen LogP contribution is -2.31. The second-order valence-corrected chi connectivity index (χ2v) is 8.20. The van der Waals surface area contributed by atoms with Crippen molar-refractivity contribution in [3.8, 4) is 0 Å². The average molecular weight is 375 g/mol. The first-order chi connectivity index (χ1) is 12.0. The van der Waals surface area contributed by atoms with Gasteiger partial charge in [-0.25, -0.2) is 13.1 Å². The van der Waals surface area contributed by atoms with Crippen molar-refractivity contribution in [2.75, 3.05) is 6.54 Å². The molecule has 0 saturated heterocycles. The molecule has 0 aliphatic heterocycles. The molecule has 2 heterocycles. The quantitative estimate of drug-likeness (QED) is 0.644. The van der Waals surface area contributed by atoms with Gasteiger partial charge >= 0.3 is 0 Å². The second-order valence-electron chi connectivity index (χ2n) is 5.45. The first kappa shape index (κ1) is 17.5. The first-order valence-corrected chi connectivity index (χ1v) is 9.97. The van der Waals surface area contributed by atoms with Crippen LogP contribution in [0.25, 0.3) is 0 Å². The third kappa shape index (κ3) is 4.04. The Morgan fingerprint density at radius 2 is 2.12 bits per heavy atom. The van der Waals surface area contributed by atoms with E-state index in [2.05, 4.69) is 9.82 Å². The molecule has 6 nitrogen and oxygen atoms in total. The second kappa shape index (κ2) is 7.30. The molecule has 0 spiro atoms. The third-order valence-electron chi connectivity index (χ3n) is 3.73. The highest BCUT2D eigenvalue weighted by Gasteiger charge is 2.21. The molecule has 0 aliphatic carbocycles. The monoisotopic (exact) mass is 375 g/mol. The largest absolute Gasteiger partial charge is 0.295 e. The van der Waals surface area contributed by atoms with Gasteiger partial charge in [-0.05, 0) is 36.6 Å². The van der Waals surface area contributed by atoms with Crippen LogP contribution in [0.1, 0.15) is 28.2 Å². The molecule has 1 unspecified atom stereocenters. The van der Waals surface area contributed by atoms with Crippen LogP contribution in [0.3, 0.4) is 0 Å². The minimum Gasteiger partial charge on any atom is -0.295 e. The van der Waals surface area contributed by atoms with Crippen LogP contribution in [-0.2, 0) is 10.0 Å². The Bertz CT molecular complexity index is 915. The van der Waals surface area contributed by atoms with E-state index in [0.29, 0.717) is 5.56 Å². The fourth-order valence-electron chi connectivity index (χ4n) is 2.42. The van der Waals surface area contributed by atoms with Crippen molar-refractivity contribution in [3.05, 3.63) is 70.7 Å². The van der Waals surface area contributed by atoms with Crippen molar-refractivity contribution in [2.45, 2.75) is 17.9 Å². The molecule has 8 heteroatoms. The zero-order valence-corrected chi connectivity index (χ0v) is 15.1. The molecule has 0 bridgehead atoms. The van der Waals surface area contributed by atoms with Gasteiger partial charge in [0.15, 0.2) is 5.78 Å². The average Bonchev–Trinajstić information content (AvgIpc) is 3.29. The summed E-state index contributed by atoms with van der Waals surface area (Å²) in [6.07, 6.45) is 3.46. The maximum atomic E-state index is 12.6. The van der Waals surface area contributed by atoms with Crippen LogP contribution in [-0.4, -0.2) is 30.5 Å². The molecule has 0 amide bonds. The summed E-state index contributed by atoms with van der Waals surface area (Å²) in [4.78, 5) is 12.6. The van der Waals surface area contributed by atoms with Crippen LogP contribution in [0.4, 0.5) is 0 Å². The van der Waals surface area contributed by atoms with E-state index < -0.39 is 10.0 Å². The van der Waals surface area contributed by atoms with Gasteiger partial charge in [0.05, 0.1) is 10.9 Å². The van der Waals surface area contributed by atoms with Gasteiger partial charge in [-0.2, -0.15) is 5.10 Å². The maximum absolute atomic E-state index is 12.6. The summed E-state index contributed by atoms with van der Waals surface area (Å²) >= 11 is 1.54. The molecule has 0 radical (unpaired) electrons. The van der Waals surface area contributed by atoms with Gasteiger partial charge in [0.25, 0.3) is 0 Å². The number of nitrogens with zero attached hydrogens (tertiary/aromatic N) is 2. The lowest BCUT2D eigenvalue weighted by Gasteiger charge is -2.17. The van der Waals surface area contributed by atoms with Gasteiger partial charge in [0, 0.05) is 29.4 Å². The van der Waals surface area contributed by atoms with Crippen LogP contribution in [0, 0.1) is 0 Å². The fraction of sp³-hybridized carbons (Fsp3) is 0.176. The Hall–Kier alpha value is -2.29. The summed E-state index contributed by atoms with van der Waals surface area (Å²) in [6.45, 7) is 1.57. The molecular formula is C17H17N3O3S2. The Labute approximate surface area is 150 Å². The number of Topliss-reactive ketones (excluding diaryl/α,β-unsaturated/α-hetero) is 1. The standard InChI is InChI=1S/C17H17N3O3S2/c1-13(21)14-5-2-6-15(11-14)25(22,23)19-12-16(17-7-3-10-24-17)20-9-4-8-18-20/h2-11,16,19H,12H2,1H3. The molecule has 1 aromatic carbocycles. The molecule has 0 saturated carbocycles. The normalized spacial score (nSPS) is 12.8. The lowest BCUT2D eigenvalue weighted by atomic mass is 10.2. The molecule has 3 aromatic rings. The number of hydrogen-bond acceptors (Lipinski definition) is 5. The SMILES string of the molecule is CC(=O)c1cccc(S(=O)(=O)NCC(c2cccs2)n2cccn2)c1. The van der Waals surface area contributed by atoms with Crippen molar-refractivity contribution in [1.82, 2.24) is 14.5 Å². The van der Waals surface area contributed by atoms with E-state index in [9.17, 15) is 13.2 Å². The first-order valence-electron chi connectivity index (χ1n) is 7.60. The smallest absolute Gasteiger partial charge is 0.240 e. The molecule has 25 heavy (non-hydrogen) atoms. The number of rotatable bonds is 7. The predicted molar refractivity (Wildman–Crippen MR) is 96.3 cm³/mol. The molecule has 2 aromatic heterocycles. The molecule has 0 fully saturated rings. The third-order valence-corrected chi connectivity index (χ3v) is 6.13. The maximum Gasteiger partial charge on any atom is 0.240 e. The topological polar surface area (TPSA) is 81.1 Å². The summed E-state index contributed by atoms with van der Waals surface area (Å²) in [5.74, 6) is -0.176. The number of hydrogen-bond donors (Lipinski definition) is 1. The van der Waals surface area contributed by atoms with Crippen molar-refractivity contribution in [2.24, 2.45) is 0 Å². The Kier molecular flexibility index (Phi) is 5.12. The molecule has 0 aliphatic rings. The van der Waals surface area contributed by atoms with Gasteiger partial charge in [0.1, 0.15) is 0 Å². The Balaban J connectivity index is 1.83. The van der Waals surface area contributed by atoms with Gasteiger partial charge in [-0.15, -0.1) is 11.3 Å². The van der Waals surface area contributed by atoms with E-state index in [4.69, 9.17) is 0 Å². The summed E-state index contributed by atoms with van der Waals surface area (Å²) < 4.78 is 29.6. The number of benzene rings is 1. The highest BCUT2D eigenvalue weighted by atomic mass is 32.2. The van der Waals surface area contributed by atoms with E-state index in [1.54, 1.807) is 46.6 Å². The number of thiophene rings is 1. The minimum absolute atomic E-state index is 0.0746. The zero-order chi connectivity index (χ0) is 17.9. The summed E-state index contributed by atoms with van der Waals surface area (Å²) in [7, 11) is -3.73. The summed E-state index contributed by atoms with van der Waals surface area (Å²) in [5, 5.41) is 6.17. The minimum atomic E-state index is -3.73. The van der Waals surface area contributed by atoms with Crippen LogP contribution >= 0.6 is 11.3 Å². The van der Waals surface area contributed by atoms with E-state index in [1.165, 1.54) is 19.1 Å². The molecule has 3 rings (SSSR count). The number of aromatic nitrogens is 2. The number of carbonyl (C=O) groups excluding carboxylic acids is 1. The van der Waals surface area contributed by atoms with Crippen molar-refractivity contribution in [3.63, 3.8) is 0 Å². The molecule has 130 valence electrons. The number of sulfonamides is 1. The number of nitrogens with one attached hydrogen (secondary N) is 1. The van der Waals surface area contributed by atoms with Crippen molar-refractivity contribution >= 4 is 27.1 Å². The van der Waals surface area contributed by atoms with Gasteiger partial charge < -0.3 is 0 Å². The van der Waals surface area contributed by atoms with Crippen LogP contribution in [0.5, 0.6) is 0 Å². The summed E-state index contributed by atoms with van der Waals surface area (Å²) in [5.41, 5.74) is 0.366. The highest BCUT2D eigenvalue weighted by molar-refractivity contribution is 7.89. The van der Waals surface area contributed by atoms with Gasteiger partial charge in [-0.3, -0.25) is 9.48 Å². The number of carbonyl (C=O) groups is 1. The Morgan fingerprint density at radius 3 is 2.76 bits per heavy atom. The van der Waals surface area contributed by atoms with E-state index in [1.807, 2.05) is 17.5 Å². The highest BCUT2D eigenvalue weighted by Crippen LogP contribution is 2.22. The predicted octanol–water partition coefficient (Wildman–Crippen LogP) is 2.72. The van der Waals surface area contributed by atoms with E-state index in [-0.39, 0.29) is 23.3 Å². The molecule has 1 N–H and O–H groups in total. The molecule has 1 atom stereocenters. The van der Waals surface area contributed by atoms with Crippen molar-refractivity contribution < 1.29 is 13.2 Å². The number of ketones is 1.